The number of thiophene rings is 1. The molecular weight excluding hydrogens is 394 g/mol. The summed E-state index contributed by atoms with van der Waals surface area (Å²) in [6.07, 6.45) is 0.0788. The lowest BCUT2D eigenvalue weighted by molar-refractivity contribution is -0.122. The summed E-state index contributed by atoms with van der Waals surface area (Å²) in [4.78, 5) is 39.5. The van der Waals surface area contributed by atoms with Gasteiger partial charge in [-0.05, 0) is 31.5 Å². The summed E-state index contributed by atoms with van der Waals surface area (Å²) >= 11 is 1.30. The lowest BCUT2D eigenvalue weighted by atomic mass is 10.1. The number of primary amides is 1. The van der Waals surface area contributed by atoms with Crippen LogP contribution >= 0.6 is 11.3 Å². The number of nitrogens with one attached hydrogen (secondary N) is 1. The SMILES string of the molecule is COc1ccc(N2CC(C(=O)Nc3sc(C)c(C)c3C(N)=O)CC2=O)cc1OC. The molecule has 1 unspecified atom stereocenters. The van der Waals surface area contributed by atoms with E-state index in [2.05, 4.69) is 5.32 Å². The van der Waals surface area contributed by atoms with Crippen LogP contribution in [0, 0.1) is 19.8 Å². The normalized spacial score (nSPS) is 16.1. The van der Waals surface area contributed by atoms with E-state index in [1.54, 1.807) is 30.0 Å². The lowest BCUT2D eigenvalue weighted by Gasteiger charge is -2.18. The van der Waals surface area contributed by atoms with E-state index >= 15 is 0 Å². The van der Waals surface area contributed by atoms with E-state index in [-0.39, 0.29) is 24.8 Å². The van der Waals surface area contributed by atoms with Crippen molar-refractivity contribution in [3.8, 4) is 11.5 Å². The summed E-state index contributed by atoms with van der Waals surface area (Å²) < 4.78 is 10.5. The van der Waals surface area contributed by atoms with Gasteiger partial charge in [0, 0.05) is 29.6 Å². The molecule has 29 heavy (non-hydrogen) atoms. The van der Waals surface area contributed by atoms with Crippen molar-refractivity contribution < 1.29 is 23.9 Å². The number of hydrogen-bond donors (Lipinski definition) is 2. The van der Waals surface area contributed by atoms with Gasteiger partial charge in [0.25, 0.3) is 5.91 Å². The van der Waals surface area contributed by atoms with Gasteiger partial charge in [-0.1, -0.05) is 0 Å². The average Bonchev–Trinajstić information content (AvgIpc) is 3.21. The molecule has 1 atom stereocenters. The molecule has 1 aromatic carbocycles. The molecular formula is C20H23N3O5S. The maximum atomic E-state index is 12.8. The second-order valence-electron chi connectivity index (χ2n) is 6.79. The van der Waals surface area contributed by atoms with Gasteiger partial charge in [-0.25, -0.2) is 0 Å². The van der Waals surface area contributed by atoms with Crippen LogP contribution < -0.4 is 25.4 Å². The van der Waals surface area contributed by atoms with Crippen LogP contribution in [-0.4, -0.2) is 38.5 Å². The van der Waals surface area contributed by atoms with Crippen LogP contribution in [0.1, 0.15) is 27.2 Å². The van der Waals surface area contributed by atoms with Crippen LogP contribution in [0.3, 0.4) is 0 Å². The van der Waals surface area contributed by atoms with Gasteiger partial charge in [0.1, 0.15) is 5.00 Å². The topological polar surface area (TPSA) is 111 Å². The van der Waals surface area contributed by atoms with Gasteiger partial charge in [0.05, 0.1) is 25.7 Å². The summed E-state index contributed by atoms with van der Waals surface area (Å²) in [5.41, 5.74) is 7.17. The van der Waals surface area contributed by atoms with Crippen molar-refractivity contribution in [3.05, 3.63) is 34.2 Å². The average molecular weight is 417 g/mol. The number of aryl methyl sites for hydroxylation is 1. The van der Waals surface area contributed by atoms with E-state index in [0.29, 0.717) is 27.8 Å². The molecule has 8 nitrogen and oxygen atoms in total. The Morgan fingerprint density at radius 3 is 2.52 bits per heavy atom. The molecule has 3 N–H and O–H groups in total. The lowest BCUT2D eigenvalue weighted by Crippen LogP contribution is -2.28. The highest BCUT2D eigenvalue weighted by atomic mass is 32.1. The molecule has 1 aliphatic heterocycles. The van der Waals surface area contributed by atoms with Gasteiger partial charge in [0.15, 0.2) is 11.5 Å². The molecule has 154 valence electrons. The zero-order chi connectivity index (χ0) is 21.3. The Hall–Kier alpha value is -3.07. The third-order valence-corrected chi connectivity index (χ3v) is 6.17. The molecule has 0 bridgehead atoms. The van der Waals surface area contributed by atoms with Gasteiger partial charge in [-0.3, -0.25) is 14.4 Å². The second-order valence-corrected chi connectivity index (χ2v) is 8.01. The molecule has 3 amide bonds. The van der Waals surface area contributed by atoms with Crippen LogP contribution in [0.2, 0.25) is 0 Å². The van der Waals surface area contributed by atoms with E-state index < -0.39 is 11.8 Å². The van der Waals surface area contributed by atoms with E-state index in [0.717, 1.165) is 10.4 Å². The Morgan fingerprint density at radius 2 is 1.90 bits per heavy atom. The highest BCUT2D eigenvalue weighted by Crippen LogP contribution is 2.36. The van der Waals surface area contributed by atoms with Crippen molar-refractivity contribution in [1.29, 1.82) is 0 Å². The first-order valence-electron chi connectivity index (χ1n) is 8.99. The number of amides is 3. The van der Waals surface area contributed by atoms with E-state index in [1.165, 1.54) is 25.6 Å². The van der Waals surface area contributed by atoms with Gasteiger partial charge in [-0.2, -0.15) is 0 Å². The third kappa shape index (κ3) is 3.91. The number of anilines is 2. The van der Waals surface area contributed by atoms with Crippen molar-refractivity contribution in [3.63, 3.8) is 0 Å². The van der Waals surface area contributed by atoms with Crippen molar-refractivity contribution in [1.82, 2.24) is 0 Å². The highest BCUT2D eigenvalue weighted by molar-refractivity contribution is 7.16. The number of methoxy groups -OCH3 is 2. The zero-order valence-corrected chi connectivity index (χ0v) is 17.5. The maximum absolute atomic E-state index is 12.8. The first-order valence-corrected chi connectivity index (χ1v) is 9.81. The molecule has 1 aromatic heterocycles. The molecule has 3 rings (SSSR count). The molecule has 9 heteroatoms. The monoisotopic (exact) mass is 417 g/mol. The minimum absolute atomic E-state index is 0.0788. The Morgan fingerprint density at radius 1 is 1.21 bits per heavy atom. The molecule has 0 radical (unpaired) electrons. The number of hydrogen-bond acceptors (Lipinski definition) is 6. The molecule has 1 aliphatic rings. The van der Waals surface area contributed by atoms with E-state index in [4.69, 9.17) is 15.2 Å². The Balaban J connectivity index is 1.78. The van der Waals surface area contributed by atoms with Crippen LogP contribution in [-0.2, 0) is 9.59 Å². The number of carbonyl (C=O) groups is 3. The minimum Gasteiger partial charge on any atom is -0.493 e. The highest BCUT2D eigenvalue weighted by Gasteiger charge is 2.36. The van der Waals surface area contributed by atoms with Crippen LogP contribution in [0.15, 0.2) is 18.2 Å². The maximum Gasteiger partial charge on any atom is 0.251 e. The van der Waals surface area contributed by atoms with Crippen molar-refractivity contribution in [2.45, 2.75) is 20.3 Å². The Bertz CT molecular complexity index is 985. The number of carbonyl (C=O) groups excluding carboxylic acids is 3. The quantitative estimate of drug-likeness (QED) is 0.750. The Kier molecular flexibility index (Phi) is 5.78. The minimum atomic E-state index is -0.586. The smallest absolute Gasteiger partial charge is 0.251 e. The zero-order valence-electron chi connectivity index (χ0n) is 16.7. The summed E-state index contributed by atoms with van der Waals surface area (Å²) in [5, 5.41) is 3.21. The number of benzene rings is 1. The van der Waals surface area contributed by atoms with Gasteiger partial charge >= 0.3 is 0 Å². The van der Waals surface area contributed by atoms with Crippen molar-refractivity contribution >= 4 is 39.7 Å². The fourth-order valence-electron chi connectivity index (χ4n) is 3.35. The fourth-order valence-corrected chi connectivity index (χ4v) is 4.42. The first kappa shape index (κ1) is 20.7. The van der Waals surface area contributed by atoms with E-state index in [9.17, 15) is 14.4 Å². The van der Waals surface area contributed by atoms with Crippen LogP contribution in [0.5, 0.6) is 11.5 Å². The molecule has 1 saturated heterocycles. The second kappa shape index (κ2) is 8.12. The predicted octanol–water partition coefficient (Wildman–Crippen LogP) is 2.47. The van der Waals surface area contributed by atoms with Crippen LogP contribution in [0.25, 0.3) is 0 Å². The molecule has 0 spiro atoms. The van der Waals surface area contributed by atoms with Gasteiger partial charge in [0.2, 0.25) is 11.8 Å². The van der Waals surface area contributed by atoms with Crippen molar-refractivity contribution in [2.75, 3.05) is 31.0 Å². The predicted molar refractivity (Wildman–Crippen MR) is 111 cm³/mol. The third-order valence-electron chi connectivity index (χ3n) is 5.04. The molecule has 2 aromatic rings. The van der Waals surface area contributed by atoms with Gasteiger partial charge < -0.3 is 25.4 Å². The van der Waals surface area contributed by atoms with Gasteiger partial charge in [-0.15, -0.1) is 11.3 Å². The Labute approximate surface area is 172 Å². The largest absolute Gasteiger partial charge is 0.493 e. The number of nitrogens with two attached hydrogens (primary N) is 1. The molecule has 0 saturated carbocycles. The summed E-state index contributed by atoms with van der Waals surface area (Å²) in [5.74, 6) is -0.548. The number of rotatable bonds is 6. The molecule has 2 heterocycles. The summed E-state index contributed by atoms with van der Waals surface area (Å²) in [7, 11) is 3.05. The summed E-state index contributed by atoms with van der Waals surface area (Å²) in [6.45, 7) is 3.88. The van der Waals surface area contributed by atoms with Crippen molar-refractivity contribution in [2.24, 2.45) is 11.7 Å². The van der Waals surface area contributed by atoms with Crippen LogP contribution in [0.4, 0.5) is 10.7 Å². The molecule has 0 aliphatic carbocycles. The van der Waals surface area contributed by atoms with E-state index in [1.807, 2.05) is 6.92 Å². The molecule has 1 fully saturated rings. The first-order chi connectivity index (χ1) is 13.8. The fraction of sp³-hybridized carbons (Fsp3) is 0.350. The number of nitrogens with zero attached hydrogens (tertiary/aromatic N) is 1. The summed E-state index contributed by atoms with van der Waals surface area (Å²) in [6, 6.07) is 5.16. The standard InChI is InChI=1S/C20H23N3O5S/c1-10-11(2)29-20(17(10)18(21)25)22-19(26)12-7-16(24)23(9-12)13-5-6-14(27-3)15(8-13)28-4/h5-6,8,12H,7,9H2,1-4H3,(H2,21,25)(H,22,26). The number of ether oxygens (including phenoxy) is 2.